The van der Waals surface area contributed by atoms with Gasteiger partial charge in [0.15, 0.2) is 0 Å². The van der Waals surface area contributed by atoms with Gasteiger partial charge in [-0.25, -0.2) is 13.4 Å². The maximum absolute atomic E-state index is 11.8. The number of aliphatic hydroxyl groups is 1. The third-order valence-corrected chi connectivity index (χ3v) is 5.74. The van der Waals surface area contributed by atoms with Crippen LogP contribution in [-0.4, -0.2) is 30.4 Å². The number of hydrogen-bond donors (Lipinski definition) is 1. The normalized spacial score (nSPS) is 15.1. The molecule has 0 aliphatic rings. The minimum absolute atomic E-state index is 0.0957. The zero-order valence-electron chi connectivity index (χ0n) is 9.89. The lowest BCUT2D eigenvalue weighted by Crippen LogP contribution is -2.17. The summed E-state index contributed by atoms with van der Waals surface area (Å²) in [7, 11) is -3.44. The number of nitrogens with zero attached hydrogens (tertiary/aromatic N) is 1. The molecule has 0 radical (unpaired) electrons. The van der Waals surface area contributed by atoms with Crippen LogP contribution in [0.25, 0.3) is 0 Å². The summed E-state index contributed by atoms with van der Waals surface area (Å²) in [6.45, 7) is 7.47. The van der Waals surface area contributed by atoms with Crippen LogP contribution in [0, 0.1) is 0 Å². The Bertz CT molecular complexity index is 455. The number of hydrogen-bond acceptors (Lipinski definition) is 5. The van der Waals surface area contributed by atoms with Crippen molar-refractivity contribution in [3.63, 3.8) is 0 Å². The van der Waals surface area contributed by atoms with Crippen LogP contribution in [0.3, 0.4) is 0 Å². The van der Waals surface area contributed by atoms with Crippen LogP contribution in [0.1, 0.15) is 32.6 Å². The summed E-state index contributed by atoms with van der Waals surface area (Å²) < 4.78 is 23.6. The Labute approximate surface area is 100 Å². The van der Waals surface area contributed by atoms with Gasteiger partial charge in [-0.05, 0) is 12.3 Å². The van der Waals surface area contributed by atoms with E-state index in [2.05, 4.69) is 4.98 Å². The van der Waals surface area contributed by atoms with E-state index in [9.17, 15) is 8.42 Å². The van der Waals surface area contributed by atoms with Gasteiger partial charge in [-0.3, -0.25) is 0 Å². The largest absolute Gasteiger partial charge is 0.392 e. The molecule has 1 aromatic heterocycles. The highest BCUT2D eigenvalue weighted by Crippen LogP contribution is 2.30. The van der Waals surface area contributed by atoms with E-state index in [1.165, 1.54) is 18.3 Å². The molecule has 0 aliphatic carbocycles. The van der Waals surface area contributed by atoms with E-state index in [0.717, 1.165) is 4.88 Å². The lowest BCUT2D eigenvalue weighted by molar-refractivity contribution is 0.218. The predicted octanol–water partition coefficient (Wildman–Crippen LogP) is 1.60. The van der Waals surface area contributed by atoms with Gasteiger partial charge < -0.3 is 5.11 Å². The van der Waals surface area contributed by atoms with Crippen LogP contribution >= 0.6 is 11.3 Å². The monoisotopic (exact) mass is 263 g/mol. The number of sulfone groups is 1. The van der Waals surface area contributed by atoms with Crippen molar-refractivity contribution >= 4 is 21.2 Å². The van der Waals surface area contributed by atoms with E-state index in [1.54, 1.807) is 6.20 Å². The smallest absolute Gasteiger partial charge is 0.209 e. The summed E-state index contributed by atoms with van der Waals surface area (Å²) in [5.41, 5.74) is -0.101. The Morgan fingerprint density at radius 1 is 1.50 bits per heavy atom. The summed E-state index contributed by atoms with van der Waals surface area (Å²) in [5, 5.41) is 9.11. The first-order chi connectivity index (χ1) is 7.13. The van der Waals surface area contributed by atoms with Crippen molar-refractivity contribution in [3.05, 3.63) is 11.1 Å². The third kappa shape index (κ3) is 3.26. The zero-order chi connectivity index (χ0) is 12.6. The SMILES string of the molecule is C[C@@H](O)CS(=O)(=O)c1ncc(C(C)(C)C)s1. The van der Waals surface area contributed by atoms with Gasteiger partial charge in [0.1, 0.15) is 0 Å². The van der Waals surface area contributed by atoms with Gasteiger partial charge in [0, 0.05) is 11.1 Å². The summed E-state index contributed by atoms with van der Waals surface area (Å²) >= 11 is 1.18. The molecule has 6 heteroatoms. The Morgan fingerprint density at radius 3 is 2.44 bits per heavy atom. The van der Waals surface area contributed by atoms with Gasteiger partial charge in [0.25, 0.3) is 0 Å². The van der Waals surface area contributed by atoms with Crippen molar-refractivity contribution in [2.75, 3.05) is 5.75 Å². The summed E-state index contributed by atoms with van der Waals surface area (Å²) in [4.78, 5) is 4.85. The minimum atomic E-state index is -3.44. The number of aromatic nitrogens is 1. The molecule has 1 atom stereocenters. The highest BCUT2D eigenvalue weighted by Gasteiger charge is 2.24. The fourth-order valence-corrected chi connectivity index (χ4v) is 3.81. The fourth-order valence-electron chi connectivity index (χ4n) is 1.14. The van der Waals surface area contributed by atoms with E-state index in [0.29, 0.717) is 0 Å². The van der Waals surface area contributed by atoms with Gasteiger partial charge in [-0.1, -0.05) is 20.8 Å². The molecule has 0 aliphatic heterocycles. The molecule has 0 aromatic carbocycles. The number of aliphatic hydroxyl groups excluding tert-OH is 1. The first-order valence-electron chi connectivity index (χ1n) is 5.00. The lowest BCUT2D eigenvalue weighted by Gasteiger charge is -2.14. The standard InChI is InChI=1S/C10H17NO3S2/c1-7(12)6-16(13,14)9-11-5-8(15-9)10(2,3)4/h5,7,12H,6H2,1-4H3/t7-/m1/s1. The number of thiazole rings is 1. The van der Waals surface area contributed by atoms with Gasteiger partial charge in [-0.2, -0.15) is 0 Å². The molecule has 0 unspecified atom stereocenters. The average Bonchev–Trinajstić information content (AvgIpc) is 2.47. The maximum Gasteiger partial charge on any atom is 0.209 e. The topological polar surface area (TPSA) is 67.3 Å². The molecular formula is C10H17NO3S2. The molecule has 0 saturated heterocycles. The third-order valence-electron chi connectivity index (χ3n) is 1.95. The highest BCUT2D eigenvalue weighted by atomic mass is 32.2. The van der Waals surface area contributed by atoms with Crippen LogP contribution in [-0.2, 0) is 15.3 Å². The van der Waals surface area contributed by atoms with E-state index in [-0.39, 0.29) is 15.5 Å². The molecule has 0 saturated carbocycles. The first-order valence-corrected chi connectivity index (χ1v) is 7.47. The average molecular weight is 263 g/mol. The molecule has 1 aromatic rings. The van der Waals surface area contributed by atoms with Crippen molar-refractivity contribution in [2.24, 2.45) is 0 Å². The molecular weight excluding hydrogens is 246 g/mol. The van der Waals surface area contributed by atoms with Gasteiger partial charge in [-0.15, -0.1) is 11.3 Å². The zero-order valence-corrected chi connectivity index (χ0v) is 11.5. The van der Waals surface area contributed by atoms with Crippen molar-refractivity contribution < 1.29 is 13.5 Å². The molecule has 1 rings (SSSR count). The first kappa shape index (κ1) is 13.6. The fraction of sp³-hybridized carbons (Fsp3) is 0.700. The van der Waals surface area contributed by atoms with E-state index >= 15 is 0 Å². The number of rotatable bonds is 3. The molecule has 16 heavy (non-hydrogen) atoms. The van der Waals surface area contributed by atoms with Gasteiger partial charge in [0.05, 0.1) is 11.9 Å². The van der Waals surface area contributed by atoms with E-state index < -0.39 is 15.9 Å². The lowest BCUT2D eigenvalue weighted by atomic mass is 9.96. The highest BCUT2D eigenvalue weighted by molar-refractivity contribution is 7.93. The van der Waals surface area contributed by atoms with Crippen molar-refractivity contribution in [2.45, 2.75) is 43.6 Å². The molecule has 0 fully saturated rings. The summed E-state index contributed by atoms with van der Waals surface area (Å²) in [6.07, 6.45) is 0.728. The predicted molar refractivity (Wildman–Crippen MR) is 64.5 cm³/mol. The van der Waals surface area contributed by atoms with Crippen LogP contribution in [0.4, 0.5) is 0 Å². The van der Waals surface area contributed by atoms with Gasteiger partial charge in [0.2, 0.25) is 14.2 Å². The molecule has 0 amide bonds. The second kappa shape index (κ2) is 4.43. The molecule has 4 nitrogen and oxygen atoms in total. The second-order valence-corrected chi connectivity index (χ2v) is 8.11. The Morgan fingerprint density at radius 2 is 2.06 bits per heavy atom. The van der Waals surface area contributed by atoms with E-state index in [1.807, 2.05) is 20.8 Å². The van der Waals surface area contributed by atoms with Crippen molar-refractivity contribution in [1.29, 1.82) is 0 Å². The van der Waals surface area contributed by atoms with Crippen molar-refractivity contribution in [3.8, 4) is 0 Å². The Balaban J connectivity index is 3.03. The Kier molecular flexibility index (Phi) is 3.76. The maximum atomic E-state index is 11.8. The molecule has 92 valence electrons. The van der Waals surface area contributed by atoms with Crippen LogP contribution in [0.15, 0.2) is 10.5 Å². The molecule has 1 N–H and O–H groups in total. The van der Waals surface area contributed by atoms with E-state index in [4.69, 9.17) is 5.11 Å². The molecule has 0 spiro atoms. The quantitative estimate of drug-likeness (QED) is 0.899. The van der Waals surface area contributed by atoms with Crippen LogP contribution < -0.4 is 0 Å². The Hall–Kier alpha value is -0.460. The minimum Gasteiger partial charge on any atom is -0.392 e. The van der Waals surface area contributed by atoms with Crippen LogP contribution in [0.5, 0.6) is 0 Å². The summed E-state index contributed by atoms with van der Waals surface area (Å²) in [6, 6.07) is 0. The van der Waals surface area contributed by atoms with Crippen LogP contribution in [0.2, 0.25) is 0 Å². The molecule has 1 heterocycles. The van der Waals surface area contributed by atoms with Gasteiger partial charge >= 0.3 is 0 Å². The van der Waals surface area contributed by atoms with Crippen molar-refractivity contribution in [1.82, 2.24) is 4.98 Å². The summed E-state index contributed by atoms with van der Waals surface area (Å²) in [5.74, 6) is -0.274. The molecule has 0 bridgehead atoms. The second-order valence-electron chi connectivity index (χ2n) is 4.87.